The molecule has 4 heteroatoms. The fraction of sp³-hybridized carbons (Fsp3) is 0.733. The van der Waals surface area contributed by atoms with Gasteiger partial charge in [-0.2, -0.15) is 0 Å². The molecule has 0 bridgehead atoms. The first-order valence-electron chi connectivity index (χ1n) is 7.40. The van der Waals surface area contributed by atoms with Gasteiger partial charge >= 0.3 is 0 Å². The van der Waals surface area contributed by atoms with Crippen molar-refractivity contribution >= 4 is 15.9 Å². The van der Waals surface area contributed by atoms with E-state index in [1.54, 1.807) is 0 Å². The number of hydrogen-bond acceptors (Lipinski definition) is 3. The van der Waals surface area contributed by atoms with E-state index in [1.165, 1.54) is 38.9 Å². The molecule has 0 saturated carbocycles. The summed E-state index contributed by atoms with van der Waals surface area (Å²) in [5, 5.41) is 3.44. The van der Waals surface area contributed by atoms with Crippen LogP contribution in [0.15, 0.2) is 21.2 Å². The lowest BCUT2D eigenvalue weighted by atomic mass is 9.96. The highest BCUT2D eigenvalue weighted by Gasteiger charge is 2.22. The number of hydrogen-bond donors (Lipinski definition) is 1. The maximum atomic E-state index is 5.72. The van der Waals surface area contributed by atoms with Crippen LogP contribution >= 0.6 is 15.9 Å². The van der Waals surface area contributed by atoms with Crippen molar-refractivity contribution < 1.29 is 4.42 Å². The first-order valence-corrected chi connectivity index (χ1v) is 8.20. The van der Waals surface area contributed by atoms with Gasteiger partial charge in [0.05, 0.1) is 6.04 Å². The summed E-state index contributed by atoms with van der Waals surface area (Å²) in [6.45, 7) is 9.18. The molecular weight excluding hydrogens is 304 g/mol. The lowest BCUT2D eigenvalue weighted by Gasteiger charge is -2.33. The molecule has 2 rings (SSSR count). The smallest absolute Gasteiger partial charge is 0.169 e. The average molecular weight is 329 g/mol. The number of halogens is 1. The van der Waals surface area contributed by atoms with Crippen LogP contribution in [0.4, 0.5) is 0 Å². The molecule has 1 aliphatic rings. The Kier molecular flexibility index (Phi) is 5.92. The standard InChI is InChI=1S/C15H25BrN2O/c1-3-10-18(11-13-6-8-17-9-7-13)12(2)14-4-5-15(16)19-14/h4-5,12-13,17H,3,6-11H2,1-2H3. The molecule has 1 aromatic heterocycles. The van der Waals surface area contributed by atoms with Crippen molar-refractivity contribution in [3.05, 3.63) is 22.6 Å². The number of piperidine rings is 1. The molecule has 19 heavy (non-hydrogen) atoms. The number of nitrogens with one attached hydrogen (secondary N) is 1. The molecule has 0 spiro atoms. The molecule has 1 aliphatic heterocycles. The highest BCUT2D eigenvalue weighted by molar-refractivity contribution is 9.10. The van der Waals surface area contributed by atoms with E-state index in [-0.39, 0.29) is 0 Å². The van der Waals surface area contributed by atoms with Crippen LogP contribution in [0.2, 0.25) is 0 Å². The van der Waals surface area contributed by atoms with Crippen LogP contribution in [-0.4, -0.2) is 31.1 Å². The van der Waals surface area contributed by atoms with Gasteiger partial charge in [-0.3, -0.25) is 4.90 Å². The molecule has 1 aromatic rings. The fourth-order valence-corrected chi connectivity index (χ4v) is 3.18. The minimum Gasteiger partial charge on any atom is -0.453 e. The first kappa shape index (κ1) is 15.1. The van der Waals surface area contributed by atoms with Crippen molar-refractivity contribution in [2.45, 2.75) is 39.2 Å². The van der Waals surface area contributed by atoms with Gasteiger partial charge in [0.2, 0.25) is 0 Å². The van der Waals surface area contributed by atoms with E-state index < -0.39 is 0 Å². The topological polar surface area (TPSA) is 28.4 Å². The van der Waals surface area contributed by atoms with Crippen LogP contribution in [0.3, 0.4) is 0 Å². The SMILES string of the molecule is CCCN(CC1CCNCC1)C(C)c1ccc(Br)o1. The van der Waals surface area contributed by atoms with E-state index >= 15 is 0 Å². The Morgan fingerprint density at radius 1 is 1.42 bits per heavy atom. The van der Waals surface area contributed by atoms with Crippen molar-refractivity contribution in [1.82, 2.24) is 10.2 Å². The zero-order valence-electron chi connectivity index (χ0n) is 12.0. The maximum Gasteiger partial charge on any atom is 0.169 e. The number of furan rings is 1. The van der Waals surface area contributed by atoms with Crippen molar-refractivity contribution in [2.24, 2.45) is 5.92 Å². The molecule has 3 nitrogen and oxygen atoms in total. The quantitative estimate of drug-likeness (QED) is 0.860. The number of rotatable bonds is 6. The van der Waals surface area contributed by atoms with Gasteiger partial charge in [0.1, 0.15) is 5.76 Å². The molecule has 0 aromatic carbocycles. The zero-order chi connectivity index (χ0) is 13.7. The molecule has 1 atom stereocenters. The lowest BCUT2D eigenvalue weighted by Crippen LogP contribution is -2.37. The summed E-state index contributed by atoms with van der Waals surface area (Å²) in [6, 6.07) is 4.43. The van der Waals surface area contributed by atoms with E-state index in [0.717, 1.165) is 22.9 Å². The predicted molar refractivity (Wildman–Crippen MR) is 82.3 cm³/mol. The Morgan fingerprint density at radius 2 is 2.16 bits per heavy atom. The second-order valence-electron chi connectivity index (χ2n) is 5.51. The Bertz CT molecular complexity index is 374. The van der Waals surface area contributed by atoms with Crippen LogP contribution < -0.4 is 5.32 Å². The maximum absolute atomic E-state index is 5.72. The van der Waals surface area contributed by atoms with Crippen LogP contribution in [0.5, 0.6) is 0 Å². The second kappa shape index (κ2) is 7.46. The highest BCUT2D eigenvalue weighted by Crippen LogP contribution is 2.27. The summed E-state index contributed by atoms with van der Waals surface area (Å²) in [7, 11) is 0. The Hall–Kier alpha value is -0.320. The van der Waals surface area contributed by atoms with Gasteiger partial charge in [0.15, 0.2) is 4.67 Å². The molecule has 0 radical (unpaired) electrons. The molecule has 1 N–H and O–H groups in total. The van der Waals surface area contributed by atoms with E-state index in [2.05, 4.69) is 46.1 Å². The Balaban J connectivity index is 1.97. The predicted octanol–water partition coefficient (Wildman–Crippen LogP) is 3.81. The van der Waals surface area contributed by atoms with Crippen LogP contribution in [0, 0.1) is 5.92 Å². The molecular formula is C15H25BrN2O. The minimum atomic E-state index is 0.362. The van der Waals surface area contributed by atoms with Crippen LogP contribution in [0.25, 0.3) is 0 Å². The lowest BCUT2D eigenvalue weighted by molar-refractivity contribution is 0.145. The van der Waals surface area contributed by atoms with Crippen molar-refractivity contribution in [3.63, 3.8) is 0 Å². The van der Waals surface area contributed by atoms with E-state index in [4.69, 9.17) is 4.42 Å². The van der Waals surface area contributed by atoms with E-state index in [1.807, 2.05) is 6.07 Å². The van der Waals surface area contributed by atoms with Crippen molar-refractivity contribution in [2.75, 3.05) is 26.2 Å². The third kappa shape index (κ3) is 4.33. The van der Waals surface area contributed by atoms with Gasteiger partial charge in [-0.25, -0.2) is 0 Å². The van der Waals surface area contributed by atoms with Gasteiger partial charge < -0.3 is 9.73 Å². The van der Waals surface area contributed by atoms with Crippen LogP contribution in [-0.2, 0) is 0 Å². The summed E-state index contributed by atoms with van der Waals surface area (Å²) in [5.74, 6) is 1.89. The fourth-order valence-electron chi connectivity index (χ4n) is 2.86. The zero-order valence-corrected chi connectivity index (χ0v) is 13.6. The van der Waals surface area contributed by atoms with E-state index in [0.29, 0.717) is 6.04 Å². The van der Waals surface area contributed by atoms with E-state index in [9.17, 15) is 0 Å². The average Bonchev–Trinajstić information content (AvgIpc) is 2.85. The van der Waals surface area contributed by atoms with Crippen molar-refractivity contribution in [3.8, 4) is 0 Å². The first-order chi connectivity index (χ1) is 9.20. The van der Waals surface area contributed by atoms with Gasteiger partial charge in [0, 0.05) is 6.54 Å². The summed E-state index contributed by atoms with van der Waals surface area (Å²) in [6.07, 6.45) is 3.79. The Labute approximate surface area is 124 Å². The molecule has 2 heterocycles. The molecule has 1 unspecified atom stereocenters. The highest BCUT2D eigenvalue weighted by atomic mass is 79.9. The monoisotopic (exact) mass is 328 g/mol. The van der Waals surface area contributed by atoms with Crippen molar-refractivity contribution in [1.29, 1.82) is 0 Å². The molecule has 0 aliphatic carbocycles. The normalized spacial score (nSPS) is 18.9. The molecule has 1 fully saturated rings. The summed E-state index contributed by atoms with van der Waals surface area (Å²) in [4.78, 5) is 2.57. The van der Waals surface area contributed by atoms with Gasteiger partial charge in [-0.05, 0) is 79.8 Å². The summed E-state index contributed by atoms with van der Waals surface area (Å²) in [5.41, 5.74) is 0. The van der Waals surface area contributed by atoms with Gasteiger partial charge in [-0.1, -0.05) is 6.92 Å². The molecule has 1 saturated heterocycles. The minimum absolute atomic E-state index is 0.362. The van der Waals surface area contributed by atoms with Gasteiger partial charge in [-0.15, -0.1) is 0 Å². The third-order valence-corrected chi connectivity index (χ3v) is 4.44. The second-order valence-corrected chi connectivity index (χ2v) is 6.29. The Morgan fingerprint density at radius 3 is 2.74 bits per heavy atom. The molecule has 108 valence electrons. The third-order valence-electron chi connectivity index (χ3n) is 4.02. The number of nitrogens with zero attached hydrogens (tertiary/aromatic N) is 1. The van der Waals surface area contributed by atoms with Gasteiger partial charge in [0.25, 0.3) is 0 Å². The summed E-state index contributed by atoms with van der Waals surface area (Å²) < 4.78 is 6.55. The largest absolute Gasteiger partial charge is 0.453 e. The summed E-state index contributed by atoms with van der Waals surface area (Å²) >= 11 is 3.39. The van der Waals surface area contributed by atoms with Crippen LogP contribution in [0.1, 0.15) is 44.9 Å². The molecule has 0 amide bonds.